The summed E-state index contributed by atoms with van der Waals surface area (Å²) in [6.07, 6.45) is 11.2. The number of Topliss-reactive ketones (excluding diaryl/α,β-unsaturated/α-hetero) is 2. The van der Waals surface area contributed by atoms with Crippen molar-refractivity contribution in [2.75, 3.05) is 66.1 Å². The number of hydrogen-bond acceptors (Lipinski definition) is 12. The van der Waals surface area contributed by atoms with E-state index in [1.807, 2.05) is 162 Å². The van der Waals surface area contributed by atoms with Crippen LogP contribution in [0.5, 0.6) is 0 Å². The van der Waals surface area contributed by atoms with E-state index < -0.39 is 11.2 Å². The summed E-state index contributed by atoms with van der Waals surface area (Å²) in [5.74, 6) is 0.822. The number of ketones is 2. The Kier molecular flexibility index (Phi) is 34.9. The van der Waals surface area contributed by atoms with Crippen LogP contribution in [0.3, 0.4) is 0 Å². The number of amides is 4. The molecule has 1 aliphatic carbocycles. The summed E-state index contributed by atoms with van der Waals surface area (Å²) in [7, 11) is 1.40. The van der Waals surface area contributed by atoms with Gasteiger partial charge in [-0.3, -0.25) is 28.8 Å². The third-order valence-electron chi connectivity index (χ3n) is 12.2. The number of carbonyl (C=O) groups is 8. The molecule has 0 bridgehead atoms. The minimum absolute atomic E-state index is 0.0411. The summed E-state index contributed by atoms with van der Waals surface area (Å²) in [6, 6.07) is 0. The summed E-state index contributed by atoms with van der Waals surface area (Å²) < 4.78 is 19.9. The first kappa shape index (κ1) is 79.0. The number of hydrogen-bond donors (Lipinski definition) is 0. The maximum Gasteiger partial charge on any atom is 0.410 e. The van der Waals surface area contributed by atoms with Crippen molar-refractivity contribution in [3.63, 3.8) is 0 Å². The Hall–Kier alpha value is -4.24. The molecule has 0 atom stereocenters. The van der Waals surface area contributed by atoms with Crippen molar-refractivity contribution in [1.29, 1.82) is 0 Å². The van der Waals surface area contributed by atoms with Crippen LogP contribution in [0.2, 0.25) is 0 Å². The number of nitrogens with zero attached hydrogens (tertiary/aromatic N) is 4. The second-order valence-electron chi connectivity index (χ2n) is 29.5. The molecule has 3 saturated heterocycles. The molecule has 0 aromatic rings. The molecule has 3 heterocycles. The number of carbonyl (C=O) groups excluding carboxylic acids is 8. The van der Waals surface area contributed by atoms with E-state index in [4.69, 9.17) is 14.2 Å². The van der Waals surface area contributed by atoms with Crippen molar-refractivity contribution >= 4 is 47.5 Å². The van der Waals surface area contributed by atoms with Crippen LogP contribution in [0, 0.1) is 38.4 Å². The van der Waals surface area contributed by atoms with Gasteiger partial charge in [-0.15, -0.1) is 0 Å². The molecule has 4 aliphatic rings. The van der Waals surface area contributed by atoms with Gasteiger partial charge >= 0.3 is 24.1 Å². The Morgan fingerprint density at radius 2 is 0.709 bits per heavy atom. The molecule has 4 amide bonds. The molecule has 1 saturated carbocycles. The zero-order chi connectivity index (χ0) is 62.8. The fourth-order valence-corrected chi connectivity index (χ4v) is 6.75. The van der Waals surface area contributed by atoms with Crippen molar-refractivity contribution in [1.82, 2.24) is 19.6 Å². The van der Waals surface area contributed by atoms with E-state index in [9.17, 15) is 38.4 Å². The normalized spacial score (nSPS) is 16.3. The third kappa shape index (κ3) is 39.7. The van der Waals surface area contributed by atoms with Crippen LogP contribution >= 0.6 is 0 Å². The summed E-state index contributed by atoms with van der Waals surface area (Å²) in [4.78, 5) is 99.0. The van der Waals surface area contributed by atoms with Crippen molar-refractivity contribution in [2.45, 2.75) is 255 Å². The maximum absolute atomic E-state index is 12.2. The minimum Gasteiger partial charge on any atom is -0.469 e. The molecule has 16 nitrogen and oxygen atoms in total. The first-order valence-electron chi connectivity index (χ1n) is 29.2. The lowest BCUT2D eigenvalue weighted by atomic mass is 9.82. The van der Waals surface area contributed by atoms with Gasteiger partial charge in [0.05, 0.1) is 24.5 Å². The number of piperidine rings is 2. The van der Waals surface area contributed by atoms with Gasteiger partial charge in [0, 0.05) is 80.9 Å². The second-order valence-corrected chi connectivity index (χ2v) is 29.5. The van der Waals surface area contributed by atoms with Gasteiger partial charge in [-0.25, -0.2) is 9.59 Å². The molecule has 0 aromatic carbocycles. The van der Waals surface area contributed by atoms with Crippen LogP contribution in [0.15, 0.2) is 0 Å². The quantitative estimate of drug-likeness (QED) is 0.193. The highest BCUT2D eigenvalue weighted by molar-refractivity contribution is 5.83. The Balaban J connectivity index is -0.000000900. The van der Waals surface area contributed by atoms with Crippen LogP contribution in [0.25, 0.3) is 0 Å². The molecule has 4 rings (SSSR count). The van der Waals surface area contributed by atoms with E-state index in [0.717, 1.165) is 25.9 Å². The molecule has 0 aromatic heterocycles. The fourth-order valence-electron chi connectivity index (χ4n) is 6.75. The Labute approximate surface area is 482 Å². The Morgan fingerprint density at radius 1 is 0.405 bits per heavy atom. The monoisotopic (exact) mass is 1120 g/mol. The molecule has 4 fully saturated rings. The first-order valence-corrected chi connectivity index (χ1v) is 29.2. The van der Waals surface area contributed by atoms with Gasteiger partial charge in [-0.2, -0.15) is 0 Å². The molecular formula is C63H120N4O12. The van der Waals surface area contributed by atoms with Gasteiger partial charge in [0.15, 0.2) is 0 Å². The SMILES string of the molecule is C1CCC1.CC(=O)C(C)(C)C.CC(C)(C)C(=O)N1CCCCC1.CC(C)(C)CC(=O)C1CCN(C(=O)OC(C)(C)C)CC1.CC(C)(C)OC(=O)N1CCN(C(=O)C(C)(C)C)CC1.CCOC(=O)C(C)(C)C.COC(=O)C(C)(C)C. The third-order valence-corrected chi connectivity index (χ3v) is 12.2. The Morgan fingerprint density at radius 3 is 0.937 bits per heavy atom. The summed E-state index contributed by atoms with van der Waals surface area (Å²) in [5.41, 5.74) is -2.30. The standard InChI is InChI=1S/C16H29NO3.C14H26N2O3.C10H19NO.C7H14O2.C6H12O2.C6H12O.C4H8/c1-15(2,3)11-13(18)12-7-9-17(10-8-12)14(19)20-16(4,5)6;1-13(2,3)11(17)15-7-9-16(10-8-15)12(18)19-14(4,5)6;1-10(2,3)9(12)11-7-5-4-6-8-11;1-5-9-6(8)7(2,3)4;1-6(2,3)5(7)8-4;1-5(7)6(2,3)4;1-2-4-3-1/h12H,7-11H2,1-6H3;7-10H2,1-6H3;4-8H2,1-3H3;5H2,1-4H3;1-4H3;1-4H3;1-4H2. The number of piperazine rings is 1. The maximum atomic E-state index is 12.2. The number of likely N-dealkylation sites (tertiary alicyclic amines) is 2. The summed E-state index contributed by atoms with van der Waals surface area (Å²) in [5, 5.41) is 0. The van der Waals surface area contributed by atoms with Gasteiger partial charge in [0.1, 0.15) is 22.8 Å². The van der Waals surface area contributed by atoms with Crippen molar-refractivity contribution in [2.24, 2.45) is 38.4 Å². The van der Waals surface area contributed by atoms with E-state index in [1.165, 1.54) is 52.1 Å². The lowest BCUT2D eigenvalue weighted by Crippen LogP contribution is -2.53. The van der Waals surface area contributed by atoms with Gasteiger partial charge in [0.25, 0.3) is 0 Å². The first-order chi connectivity index (χ1) is 35.4. The van der Waals surface area contributed by atoms with Crippen LogP contribution < -0.4 is 0 Å². The summed E-state index contributed by atoms with van der Waals surface area (Å²) >= 11 is 0. The van der Waals surface area contributed by atoms with E-state index in [1.54, 1.807) is 16.7 Å². The predicted molar refractivity (Wildman–Crippen MR) is 320 cm³/mol. The number of ether oxygens (including phenoxy) is 4. The van der Waals surface area contributed by atoms with Crippen molar-refractivity contribution < 1.29 is 57.3 Å². The largest absolute Gasteiger partial charge is 0.469 e. The summed E-state index contributed by atoms with van der Waals surface area (Å²) in [6.45, 7) is 55.1. The molecule has 16 heteroatoms. The average molecular weight is 1130 g/mol. The number of rotatable bonds is 3. The van der Waals surface area contributed by atoms with Gasteiger partial charge < -0.3 is 38.5 Å². The van der Waals surface area contributed by atoms with Crippen molar-refractivity contribution in [3.05, 3.63) is 0 Å². The van der Waals surface area contributed by atoms with Gasteiger partial charge in [0.2, 0.25) is 11.8 Å². The molecule has 464 valence electrons. The van der Waals surface area contributed by atoms with E-state index in [0.29, 0.717) is 64.0 Å². The highest BCUT2D eigenvalue weighted by Crippen LogP contribution is 2.28. The van der Waals surface area contributed by atoms with Crippen LogP contribution in [0.4, 0.5) is 9.59 Å². The van der Waals surface area contributed by atoms with Crippen LogP contribution in [-0.4, -0.2) is 144 Å². The molecule has 0 spiro atoms. The lowest BCUT2D eigenvalue weighted by Gasteiger charge is -2.38. The topological polar surface area (TPSA) is 186 Å². The molecule has 0 radical (unpaired) electrons. The van der Waals surface area contributed by atoms with Crippen LogP contribution in [0.1, 0.15) is 244 Å². The molecule has 3 aliphatic heterocycles. The second kappa shape index (κ2) is 34.9. The highest BCUT2D eigenvalue weighted by Gasteiger charge is 2.34. The Bertz CT molecular complexity index is 1790. The smallest absolute Gasteiger partial charge is 0.410 e. The number of methoxy groups -OCH3 is 1. The predicted octanol–water partition coefficient (Wildman–Crippen LogP) is 13.8. The van der Waals surface area contributed by atoms with E-state index in [2.05, 4.69) is 25.5 Å². The molecule has 0 unspecified atom stereocenters. The van der Waals surface area contributed by atoms with Gasteiger partial charge in [-0.05, 0) is 134 Å². The molecule has 0 N–H and O–H groups in total. The van der Waals surface area contributed by atoms with Crippen molar-refractivity contribution in [3.8, 4) is 0 Å². The van der Waals surface area contributed by atoms with E-state index in [-0.39, 0.29) is 74.2 Å². The molecule has 79 heavy (non-hydrogen) atoms. The number of esters is 2. The minimum atomic E-state index is -0.477. The van der Waals surface area contributed by atoms with Crippen LogP contribution in [-0.2, 0) is 47.7 Å². The lowest BCUT2D eigenvalue weighted by molar-refractivity contribution is -0.152. The van der Waals surface area contributed by atoms with Gasteiger partial charge in [-0.1, -0.05) is 109 Å². The average Bonchev–Trinajstić information content (AvgIpc) is 3.26. The highest BCUT2D eigenvalue weighted by atomic mass is 16.6. The zero-order valence-corrected chi connectivity index (χ0v) is 55.7. The fraction of sp³-hybridized carbons (Fsp3) is 0.873. The zero-order valence-electron chi connectivity index (χ0n) is 55.7. The molecular weight excluding hydrogens is 1000 g/mol. The van der Waals surface area contributed by atoms with E-state index >= 15 is 0 Å².